The SMILES string of the molecule is O=S([CH-]CS(=O)c1ccccc1)c1ccccc1.[Pd]. The summed E-state index contributed by atoms with van der Waals surface area (Å²) in [5.41, 5.74) is 0. The maximum atomic E-state index is 11.9. The molecule has 0 saturated heterocycles. The van der Waals surface area contributed by atoms with Crippen LogP contribution in [-0.2, 0) is 42.0 Å². The van der Waals surface area contributed by atoms with Crippen molar-refractivity contribution in [3.05, 3.63) is 66.4 Å². The minimum Gasteiger partial charge on any atom is -0.289 e. The molecule has 0 radical (unpaired) electrons. The third-order valence-corrected chi connectivity index (χ3v) is 5.04. The van der Waals surface area contributed by atoms with Crippen molar-refractivity contribution in [2.45, 2.75) is 9.79 Å². The van der Waals surface area contributed by atoms with Crippen molar-refractivity contribution in [3.8, 4) is 0 Å². The fourth-order valence-electron chi connectivity index (χ4n) is 1.44. The maximum absolute atomic E-state index is 11.9. The topological polar surface area (TPSA) is 34.1 Å². The zero-order chi connectivity index (χ0) is 12.8. The molecule has 5 heteroatoms. The van der Waals surface area contributed by atoms with Gasteiger partial charge in [0.15, 0.2) is 0 Å². The van der Waals surface area contributed by atoms with Crippen LogP contribution in [0.2, 0.25) is 0 Å². The van der Waals surface area contributed by atoms with Gasteiger partial charge in [-0.3, -0.25) is 8.42 Å². The van der Waals surface area contributed by atoms with Gasteiger partial charge >= 0.3 is 0 Å². The Morgan fingerprint density at radius 2 is 1.26 bits per heavy atom. The van der Waals surface area contributed by atoms with E-state index >= 15 is 0 Å². The van der Waals surface area contributed by atoms with Crippen LogP contribution in [0.1, 0.15) is 0 Å². The van der Waals surface area contributed by atoms with Crippen molar-refractivity contribution in [2.75, 3.05) is 5.75 Å². The molecule has 2 aromatic carbocycles. The number of benzene rings is 2. The minimum atomic E-state index is -1.20. The van der Waals surface area contributed by atoms with Crippen LogP contribution in [0, 0.1) is 5.75 Å². The quantitative estimate of drug-likeness (QED) is 0.587. The van der Waals surface area contributed by atoms with Crippen molar-refractivity contribution >= 4 is 21.6 Å². The summed E-state index contributed by atoms with van der Waals surface area (Å²) in [6.45, 7) is 0. The van der Waals surface area contributed by atoms with Crippen LogP contribution in [0.5, 0.6) is 0 Å². The monoisotopic (exact) mass is 383 g/mol. The molecule has 0 aliphatic carbocycles. The van der Waals surface area contributed by atoms with Crippen molar-refractivity contribution in [1.82, 2.24) is 0 Å². The molecular weight excluding hydrogens is 371 g/mol. The Labute approximate surface area is 132 Å². The van der Waals surface area contributed by atoms with Crippen LogP contribution < -0.4 is 0 Å². The van der Waals surface area contributed by atoms with Crippen LogP contribution in [0.4, 0.5) is 0 Å². The van der Waals surface area contributed by atoms with Gasteiger partial charge in [-0.1, -0.05) is 42.2 Å². The van der Waals surface area contributed by atoms with Gasteiger partial charge in [0.2, 0.25) is 0 Å². The van der Waals surface area contributed by atoms with E-state index in [0.29, 0.717) is 5.75 Å². The van der Waals surface area contributed by atoms with E-state index < -0.39 is 21.6 Å². The summed E-state index contributed by atoms with van der Waals surface area (Å²) >= 11 is 0. The first-order valence-corrected chi connectivity index (χ1v) is 8.03. The number of rotatable bonds is 5. The molecule has 0 aliphatic heterocycles. The molecule has 0 N–H and O–H groups in total. The van der Waals surface area contributed by atoms with Crippen molar-refractivity contribution in [1.29, 1.82) is 0 Å². The molecular formula is C14H13O2PdS2-. The molecule has 104 valence electrons. The van der Waals surface area contributed by atoms with Gasteiger partial charge < -0.3 is 0 Å². The molecule has 2 atom stereocenters. The zero-order valence-electron chi connectivity index (χ0n) is 10.0. The van der Waals surface area contributed by atoms with Crippen LogP contribution >= 0.6 is 0 Å². The van der Waals surface area contributed by atoms with Crippen LogP contribution in [0.3, 0.4) is 0 Å². The van der Waals surface area contributed by atoms with Gasteiger partial charge in [0.1, 0.15) is 0 Å². The first-order chi connectivity index (χ1) is 8.77. The molecule has 0 saturated carbocycles. The number of hydrogen-bond acceptors (Lipinski definition) is 2. The summed E-state index contributed by atoms with van der Waals surface area (Å²) in [5, 5.41) is 0. The molecule has 0 heterocycles. The Balaban J connectivity index is 0.00000180. The van der Waals surface area contributed by atoms with Crippen molar-refractivity contribution in [3.63, 3.8) is 0 Å². The van der Waals surface area contributed by atoms with Gasteiger partial charge in [0.05, 0.1) is 0 Å². The molecule has 0 spiro atoms. The summed E-state index contributed by atoms with van der Waals surface area (Å²) in [6, 6.07) is 18.4. The Morgan fingerprint density at radius 1 is 0.789 bits per heavy atom. The molecule has 2 nitrogen and oxygen atoms in total. The summed E-state index contributed by atoms with van der Waals surface area (Å²) in [5.74, 6) is 1.89. The first kappa shape index (κ1) is 16.5. The molecule has 0 aliphatic rings. The van der Waals surface area contributed by atoms with Gasteiger partial charge in [-0.15, -0.1) is 10.8 Å². The van der Waals surface area contributed by atoms with Crippen LogP contribution in [0.15, 0.2) is 70.5 Å². The van der Waals surface area contributed by atoms with E-state index in [-0.39, 0.29) is 20.4 Å². The third-order valence-electron chi connectivity index (χ3n) is 2.35. The van der Waals surface area contributed by atoms with E-state index in [1.807, 2.05) is 48.5 Å². The fourth-order valence-corrected chi connectivity index (χ4v) is 3.70. The van der Waals surface area contributed by atoms with E-state index in [0.717, 1.165) is 9.79 Å². The largest absolute Gasteiger partial charge is 0.289 e. The molecule has 2 unspecified atom stereocenters. The maximum Gasteiger partial charge on any atom is 0.0361 e. The normalized spacial score (nSPS) is 13.3. The summed E-state index contributed by atoms with van der Waals surface area (Å²) in [6.07, 6.45) is 0. The molecule has 0 fully saturated rings. The second-order valence-electron chi connectivity index (χ2n) is 3.60. The molecule has 0 bridgehead atoms. The van der Waals surface area contributed by atoms with E-state index in [2.05, 4.69) is 0 Å². The van der Waals surface area contributed by atoms with Gasteiger partial charge in [-0.25, -0.2) is 5.75 Å². The molecule has 0 aromatic heterocycles. The second-order valence-corrected chi connectivity index (χ2v) is 6.50. The van der Waals surface area contributed by atoms with E-state index in [1.165, 1.54) is 0 Å². The predicted molar refractivity (Wildman–Crippen MR) is 74.9 cm³/mol. The Bertz CT molecular complexity index is 492. The summed E-state index contributed by atoms with van der Waals surface area (Å²) < 4.78 is 23.8. The first-order valence-electron chi connectivity index (χ1n) is 5.50. The minimum absolute atomic E-state index is 0. The average molecular weight is 384 g/mol. The number of hydrogen-bond donors (Lipinski definition) is 0. The molecule has 2 rings (SSSR count). The van der Waals surface area contributed by atoms with E-state index in [9.17, 15) is 8.42 Å². The second kappa shape index (κ2) is 8.55. The Kier molecular flexibility index (Phi) is 7.40. The molecule has 19 heavy (non-hydrogen) atoms. The van der Waals surface area contributed by atoms with E-state index in [1.54, 1.807) is 17.9 Å². The van der Waals surface area contributed by atoms with Crippen LogP contribution in [-0.4, -0.2) is 14.2 Å². The Hall–Kier alpha value is -0.598. The predicted octanol–water partition coefficient (Wildman–Crippen LogP) is 2.76. The van der Waals surface area contributed by atoms with Gasteiger partial charge in [-0.2, -0.15) is 0 Å². The van der Waals surface area contributed by atoms with Crippen molar-refractivity contribution in [2.24, 2.45) is 0 Å². The Morgan fingerprint density at radius 3 is 1.79 bits per heavy atom. The summed E-state index contributed by atoms with van der Waals surface area (Å²) in [4.78, 5) is 1.50. The molecule has 2 aromatic rings. The third kappa shape index (κ3) is 5.12. The van der Waals surface area contributed by atoms with Gasteiger partial charge in [0.25, 0.3) is 0 Å². The van der Waals surface area contributed by atoms with Crippen molar-refractivity contribution < 1.29 is 28.8 Å². The van der Waals surface area contributed by atoms with Gasteiger partial charge in [-0.05, 0) is 24.3 Å². The fraction of sp³-hybridized carbons (Fsp3) is 0.0714. The average Bonchev–Trinajstić information content (AvgIpc) is 2.46. The standard InChI is InChI=1S/C14H13O2S2.Pd/c15-17(13-7-3-1-4-8-13)11-12-18(16)14-9-5-2-6-10-14;/h1-11H,12H2;/q-1;. The summed E-state index contributed by atoms with van der Waals surface area (Å²) in [7, 11) is -2.32. The zero-order valence-corrected chi connectivity index (χ0v) is 13.2. The van der Waals surface area contributed by atoms with Crippen LogP contribution in [0.25, 0.3) is 0 Å². The van der Waals surface area contributed by atoms with E-state index in [4.69, 9.17) is 0 Å². The van der Waals surface area contributed by atoms with Gasteiger partial charge in [0, 0.05) is 41.0 Å². The smallest absolute Gasteiger partial charge is 0.0361 e. The molecule has 0 amide bonds.